The van der Waals surface area contributed by atoms with Gasteiger partial charge in [0.25, 0.3) is 11.8 Å². The number of rotatable bonds is 5. The third kappa shape index (κ3) is 4.68. The molecule has 1 aromatic carbocycles. The lowest BCUT2D eigenvalue weighted by atomic mass is 10.0. The predicted octanol–water partition coefficient (Wildman–Crippen LogP) is 3.28. The molecule has 3 aliphatic heterocycles. The largest absolute Gasteiger partial charge is 0.353 e. The van der Waals surface area contributed by atoms with E-state index in [9.17, 15) is 14.4 Å². The van der Waals surface area contributed by atoms with Crippen molar-refractivity contribution in [3.8, 4) is 0 Å². The smallest absolute Gasteiger partial charge is 0.254 e. The molecule has 0 atom stereocenters. The molecule has 0 N–H and O–H groups in total. The van der Waals surface area contributed by atoms with E-state index < -0.39 is 0 Å². The van der Waals surface area contributed by atoms with E-state index >= 15 is 0 Å². The molecule has 36 heavy (non-hydrogen) atoms. The Balaban J connectivity index is 1.36. The summed E-state index contributed by atoms with van der Waals surface area (Å²) in [6.07, 6.45) is 6.19. The van der Waals surface area contributed by atoms with Gasteiger partial charge < -0.3 is 19.6 Å². The summed E-state index contributed by atoms with van der Waals surface area (Å²) in [7, 11) is 0. The lowest BCUT2D eigenvalue weighted by Crippen LogP contribution is -2.49. The minimum Gasteiger partial charge on any atom is -0.353 e. The van der Waals surface area contributed by atoms with E-state index in [2.05, 4.69) is 29.8 Å². The molecule has 0 unspecified atom stereocenters. The van der Waals surface area contributed by atoms with Gasteiger partial charge in [-0.15, -0.1) is 0 Å². The molecule has 8 nitrogen and oxygen atoms in total. The molecule has 3 saturated heterocycles. The van der Waals surface area contributed by atoms with Crippen LogP contribution in [-0.2, 0) is 11.2 Å². The van der Waals surface area contributed by atoms with Crippen molar-refractivity contribution in [2.75, 3.05) is 55.6 Å². The zero-order valence-electron chi connectivity index (χ0n) is 21.3. The number of hydrogen-bond acceptors (Lipinski definition) is 5. The topological polar surface area (TPSA) is 77.1 Å². The van der Waals surface area contributed by atoms with Crippen LogP contribution in [0.1, 0.15) is 64.4 Å². The summed E-state index contributed by atoms with van der Waals surface area (Å²) < 4.78 is 0. The standard InChI is InChI=1S/C28H35N5O3/c1-3-21-17-20(2)26(29-19-21)30-13-15-32(16-14-30)27(35)23-9-8-22(33-12-6-7-25(33)34)18-24(23)28(36)31-10-4-5-11-31/h8-9,17-19H,3-7,10-16H2,1-2H3. The third-order valence-electron chi connectivity index (χ3n) is 7.62. The quantitative estimate of drug-likeness (QED) is 0.644. The van der Waals surface area contributed by atoms with Gasteiger partial charge in [0.15, 0.2) is 0 Å². The number of amides is 3. The molecule has 0 bridgehead atoms. The van der Waals surface area contributed by atoms with E-state index in [1.54, 1.807) is 17.0 Å². The average Bonchev–Trinajstić information content (AvgIpc) is 3.60. The zero-order chi connectivity index (χ0) is 25.2. The number of pyridine rings is 1. The predicted molar refractivity (Wildman–Crippen MR) is 140 cm³/mol. The van der Waals surface area contributed by atoms with Gasteiger partial charge in [-0.3, -0.25) is 14.4 Å². The number of anilines is 2. The van der Waals surface area contributed by atoms with Crippen LogP contribution < -0.4 is 9.80 Å². The summed E-state index contributed by atoms with van der Waals surface area (Å²) >= 11 is 0. The minimum atomic E-state index is -0.123. The number of carbonyl (C=O) groups excluding carboxylic acids is 3. The van der Waals surface area contributed by atoms with E-state index in [0.717, 1.165) is 37.1 Å². The molecule has 5 rings (SSSR count). The number of nitrogens with zero attached hydrogens (tertiary/aromatic N) is 5. The van der Waals surface area contributed by atoms with Gasteiger partial charge in [0.2, 0.25) is 5.91 Å². The van der Waals surface area contributed by atoms with Crippen LogP contribution >= 0.6 is 0 Å². The molecule has 1 aromatic heterocycles. The number of carbonyl (C=O) groups is 3. The van der Waals surface area contributed by atoms with Crippen LogP contribution in [-0.4, -0.2) is 78.3 Å². The molecule has 3 fully saturated rings. The molecule has 3 aliphatic rings. The van der Waals surface area contributed by atoms with Crippen LogP contribution in [0.4, 0.5) is 11.5 Å². The van der Waals surface area contributed by atoms with Crippen LogP contribution in [0, 0.1) is 6.92 Å². The van der Waals surface area contributed by atoms with E-state index in [1.807, 2.05) is 22.1 Å². The van der Waals surface area contributed by atoms with Crippen molar-refractivity contribution < 1.29 is 14.4 Å². The first-order valence-corrected chi connectivity index (χ1v) is 13.2. The van der Waals surface area contributed by atoms with Crippen LogP contribution in [0.15, 0.2) is 30.5 Å². The van der Waals surface area contributed by atoms with Gasteiger partial charge in [0.1, 0.15) is 5.82 Å². The molecular weight excluding hydrogens is 454 g/mol. The molecule has 2 aromatic rings. The van der Waals surface area contributed by atoms with Gasteiger partial charge in [-0.05, 0) is 61.9 Å². The van der Waals surface area contributed by atoms with Crippen molar-refractivity contribution in [1.29, 1.82) is 0 Å². The van der Waals surface area contributed by atoms with E-state index in [1.165, 1.54) is 5.56 Å². The summed E-state index contributed by atoms with van der Waals surface area (Å²) in [5, 5.41) is 0. The SMILES string of the molecule is CCc1cnc(N2CCN(C(=O)c3ccc(N4CCCC4=O)cc3C(=O)N3CCCC3)CC2)c(C)c1. The van der Waals surface area contributed by atoms with Crippen LogP contribution in [0.25, 0.3) is 0 Å². The van der Waals surface area contributed by atoms with Gasteiger partial charge in [0, 0.05) is 64.1 Å². The molecule has 0 saturated carbocycles. The molecule has 0 spiro atoms. The summed E-state index contributed by atoms with van der Waals surface area (Å²) in [6.45, 7) is 8.81. The van der Waals surface area contributed by atoms with Crippen molar-refractivity contribution >= 4 is 29.2 Å². The Morgan fingerprint density at radius 2 is 1.56 bits per heavy atom. The normalized spacial score (nSPS) is 18.3. The molecule has 4 heterocycles. The Kier molecular flexibility index (Phi) is 6.94. The highest BCUT2D eigenvalue weighted by molar-refractivity contribution is 6.09. The van der Waals surface area contributed by atoms with Crippen molar-refractivity contribution in [3.05, 3.63) is 52.7 Å². The maximum absolute atomic E-state index is 13.7. The molecular formula is C28H35N5O3. The zero-order valence-corrected chi connectivity index (χ0v) is 21.3. The summed E-state index contributed by atoms with van der Waals surface area (Å²) in [5.41, 5.74) is 3.92. The number of likely N-dealkylation sites (tertiary alicyclic amines) is 1. The highest BCUT2D eigenvalue weighted by atomic mass is 16.2. The third-order valence-corrected chi connectivity index (χ3v) is 7.62. The second-order valence-corrected chi connectivity index (χ2v) is 9.99. The Morgan fingerprint density at radius 1 is 0.861 bits per heavy atom. The van der Waals surface area contributed by atoms with Gasteiger partial charge in [-0.2, -0.15) is 0 Å². The second kappa shape index (κ2) is 10.3. The maximum Gasteiger partial charge on any atom is 0.254 e. The van der Waals surface area contributed by atoms with E-state index in [-0.39, 0.29) is 17.7 Å². The fourth-order valence-electron chi connectivity index (χ4n) is 5.52. The number of piperazine rings is 1. The highest BCUT2D eigenvalue weighted by Gasteiger charge is 2.31. The van der Waals surface area contributed by atoms with Crippen molar-refractivity contribution in [1.82, 2.24) is 14.8 Å². The monoisotopic (exact) mass is 489 g/mol. The first-order valence-electron chi connectivity index (χ1n) is 13.2. The number of aryl methyl sites for hydroxylation is 2. The van der Waals surface area contributed by atoms with Gasteiger partial charge in [0.05, 0.1) is 11.1 Å². The Bertz CT molecular complexity index is 1170. The maximum atomic E-state index is 13.7. The Morgan fingerprint density at radius 3 is 2.19 bits per heavy atom. The number of aromatic nitrogens is 1. The Labute approximate surface area is 212 Å². The summed E-state index contributed by atoms with van der Waals surface area (Å²) in [6, 6.07) is 7.50. The lowest BCUT2D eigenvalue weighted by Gasteiger charge is -2.36. The van der Waals surface area contributed by atoms with Gasteiger partial charge in [-0.25, -0.2) is 4.98 Å². The molecule has 3 amide bonds. The molecule has 8 heteroatoms. The second-order valence-electron chi connectivity index (χ2n) is 9.99. The van der Waals surface area contributed by atoms with Gasteiger partial charge >= 0.3 is 0 Å². The van der Waals surface area contributed by atoms with Crippen molar-refractivity contribution in [2.24, 2.45) is 0 Å². The fraction of sp³-hybridized carbons (Fsp3) is 0.500. The van der Waals surface area contributed by atoms with Crippen molar-refractivity contribution in [2.45, 2.75) is 46.0 Å². The Hall–Kier alpha value is -3.42. The lowest BCUT2D eigenvalue weighted by molar-refractivity contribution is -0.117. The van der Waals surface area contributed by atoms with Crippen LogP contribution in [0.5, 0.6) is 0 Å². The van der Waals surface area contributed by atoms with Crippen LogP contribution in [0.2, 0.25) is 0 Å². The van der Waals surface area contributed by atoms with E-state index in [4.69, 9.17) is 0 Å². The minimum absolute atomic E-state index is 0.0700. The average molecular weight is 490 g/mol. The van der Waals surface area contributed by atoms with Gasteiger partial charge in [-0.1, -0.05) is 13.0 Å². The fourth-order valence-corrected chi connectivity index (χ4v) is 5.52. The first-order chi connectivity index (χ1) is 17.5. The summed E-state index contributed by atoms with van der Waals surface area (Å²) in [4.78, 5) is 51.8. The van der Waals surface area contributed by atoms with Crippen LogP contribution in [0.3, 0.4) is 0 Å². The van der Waals surface area contributed by atoms with Crippen molar-refractivity contribution in [3.63, 3.8) is 0 Å². The summed E-state index contributed by atoms with van der Waals surface area (Å²) in [5.74, 6) is 0.811. The molecule has 0 aliphatic carbocycles. The van der Waals surface area contributed by atoms with E-state index in [0.29, 0.717) is 69.0 Å². The number of benzene rings is 1. The first kappa shape index (κ1) is 24.3. The number of hydrogen-bond donors (Lipinski definition) is 0. The molecule has 190 valence electrons. The molecule has 0 radical (unpaired) electrons. The highest BCUT2D eigenvalue weighted by Crippen LogP contribution is 2.28.